The maximum absolute atomic E-state index is 12.1. The van der Waals surface area contributed by atoms with Gasteiger partial charge in [0.2, 0.25) is 9.47 Å². The van der Waals surface area contributed by atoms with Crippen LogP contribution in [0.3, 0.4) is 0 Å². The van der Waals surface area contributed by atoms with Gasteiger partial charge in [0.1, 0.15) is 0 Å². The van der Waals surface area contributed by atoms with E-state index in [2.05, 4.69) is 10.2 Å². The third-order valence-corrected chi connectivity index (χ3v) is 4.45. The van der Waals surface area contributed by atoms with Crippen LogP contribution in [0.2, 0.25) is 8.80 Å². The molecule has 2 rings (SSSR count). The van der Waals surface area contributed by atoms with Crippen LogP contribution in [0.1, 0.15) is 21.6 Å². The summed E-state index contributed by atoms with van der Waals surface area (Å²) in [6.45, 7) is 3.02. The summed E-state index contributed by atoms with van der Waals surface area (Å²) in [6.07, 6.45) is 0. The summed E-state index contributed by atoms with van der Waals surface area (Å²) in [7, 11) is 0. The van der Waals surface area contributed by atoms with Crippen LogP contribution in [-0.2, 0) is 6.54 Å². The molecule has 0 radical (unpaired) electrons. The fourth-order valence-electron chi connectivity index (χ4n) is 1.38. The Hall–Kier alpha value is -0.690. The predicted octanol–water partition coefficient (Wildman–Crippen LogP) is 3.57. The second-order valence-electron chi connectivity index (χ2n) is 3.39. The standard InChI is InChI=1S/C10H9Cl2N3OS2/c1-2-15(5-6-3-4-7(11)17-6)9(16)8-13-14-10(12)18-8/h3-4H,2,5H2,1H3. The van der Waals surface area contributed by atoms with Crippen molar-refractivity contribution in [2.24, 2.45) is 0 Å². The van der Waals surface area contributed by atoms with Crippen molar-refractivity contribution >= 4 is 51.8 Å². The minimum Gasteiger partial charge on any atom is -0.332 e. The smallest absolute Gasteiger partial charge is 0.285 e. The number of nitrogens with zero attached hydrogens (tertiary/aromatic N) is 3. The molecule has 96 valence electrons. The summed E-state index contributed by atoms with van der Waals surface area (Å²) >= 11 is 14.1. The molecule has 0 fully saturated rings. The lowest BCUT2D eigenvalue weighted by Crippen LogP contribution is -2.29. The van der Waals surface area contributed by atoms with Crippen molar-refractivity contribution in [1.29, 1.82) is 0 Å². The molecule has 0 spiro atoms. The Morgan fingerprint density at radius 1 is 1.33 bits per heavy atom. The van der Waals surface area contributed by atoms with E-state index < -0.39 is 0 Å². The second kappa shape index (κ2) is 5.97. The van der Waals surface area contributed by atoms with Crippen molar-refractivity contribution in [3.63, 3.8) is 0 Å². The fraction of sp³-hybridized carbons (Fsp3) is 0.300. The monoisotopic (exact) mass is 321 g/mol. The van der Waals surface area contributed by atoms with Crippen LogP contribution >= 0.6 is 45.9 Å². The van der Waals surface area contributed by atoms with Crippen molar-refractivity contribution in [1.82, 2.24) is 15.1 Å². The van der Waals surface area contributed by atoms with E-state index >= 15 is 0 Å². The van der Waals surface area contributed by atoms with Crippen LogP contribution in [0.5, 0.6) is 0 Å². The van der Waals surface area contributed by atoms with Crippen LogP contribution in [0.25, 0.3) is 0 Å². The summed E-state index contributed by atoms with van der Waals surface area (Å²) in [5, 5.41) is 7.70. The molecule has 2 aromatic heterocycles. The molecule has 0 bridgehead atoms. The zero-order chi connectivity index (χ0) is 13.1. The molecule has 0 unspecified atom stereocenters. The number of rotatable bonds is 4. The highest BCUT2D eigenvalue weighted by Gasteiger charge is 2.19. The van der Waals surface area contributed by atoms with E-state index in [9.17, 15) is 4.79 Å². The molecule has 0 saturated carbocycles. The summed E-state index contributed by atoms with van der Waals surface area (Å²) in [6, 6.07) is 3.73. The van der Waals surface area contributed by atoms with Crippen LogP contribution in [0, 0.1) is 0 Å². The Labute approximate surface area is 122 Å². The van der Waals surface area contributed by atoms with Crippen LogP contribution in [-0.4, -0.2) is 27.5 Å². The van der Waals surface area contributed by atoms with E-state index in [1.54, 1.807) is 4.90 Å². The summed E-state index contributed by atoms with van der Waals surface area (Å²) < 4.78 is 0.987. The number of aromatic nitrogens is 2. The Morgan fingerprint density at radius 3 is 2.61 bits per heavy atom. The van der Waals surface area contributed by atoms with Crippen molar-refractivity contribution in [2.45, 2.75) is 13.5 Å². The van der Waals surface area contributed by atoms with Gasteiger partial charge in [-0.15, -0.1) is 21.5 Å². The first kappa shape index (κ1) is 13.7. The maximum Gasteiger partial charge on any atom is 0.285 e. The first-order valence-corrected chi connectivity index (χ1v) is 7.51. The molecule has 0 atom stereocenters. The van der Waals surface area contributed by atoms with E-state index in [0.29, 0.717) is 22.4 Å². The van der Waals surface area contributed by atoms with Gasteiger partial charge in [-0.1, -0.05) is 22.9 Å². The van der Waals surface area contributed by atoms with Crippen LogP contribution < -0.4 is 0 Å². The lowest BCUT2D eigenvalue weighted by atomic mass is 10.4. The molecule has 0 aliphatic rings. The largest absolute Gasteiger partial charge is 0.332 e. The Morgan fingerprint density at radius 2 is 2.11 bits per heavy atom. The van der Waals surface area contributed by atoms with Gasteiger partial charge >= 0.3 is 0 Å². The average Bonchev–Trinajstić information content (AvgIpc) is 2.94. The van der Waals surface area contributed by atoms with Gasteiger partial charge in [-0.25, -0.2) is 0 Å². The average molecular weight is 322 g/mol. The Kier molecular flexibility index (Phi) is 4.55. The van der Waals surface area contributed by atoms with Gasteiger partial charge in [-0.2, -0.15) is 0 Å². The Balaban J connectivity index is 2.11. The van der Waals surface area contributed by atoms with Gasteiger partial charge in [-0.05, 0) is 30.7 Å². The molecule has 0 saturated heterocycles. The molecule has 1 amide bonds. The molecular formula is C10H9Cl2N3OS2. The minimum absolute atomic E-state index is 0.161. The van der Waals surface area contributed by atoms with Crippen LogP contribution in [0.4, 0.5) is 0 Å². The quantitative estimate of drug-likeness (QED) is 0.864. The molecule has 0 aliphatic heterocycles. The van der Waals surface area contributed by atoms with Crippen molar-refractivity contribution in [3.05, 3.63) is 30.8 Å². The number of halogens is 2. The number of hydrogen-bond donors (Lipinski definition) is 0. The number of carbonyl (C=O) groups excluding carboxylic acids is 1. The van der Waals surface area contributed by atoms with Gasteiger partial charge in [0.05, 0.1) is 10.9 Å². The van der Waals surface area contributed by atoms with E-state index in [0.717, 1.165) is 16.2 Å². The highest BCUT2D eigenvalue weighted by molar-refractivity contribution is 7.17. The number of thiophene rings is 1. The highest BCUT2D eigenvalue weighted by Crippen LogP contribution is 2.24. The molecule has 0 aliphatic carbocycles. The first-order valence-electron chi connectivity index (χ1n) is 5.12. The molecule has 18 heavy (non-hydrogen) atoms. The number of hydrogen-bond acceptors (Lipinski definition) is 5. The zero-order valence-electron chi connectivity index (χ0n) is 9.39. The van der Waals surface area contributed by atoms with Crippen molar-refractivity contribution in [3.8, 4) is 0 Å². The lowest BCUT2D eigenvalue weighted by Gasteiger charge is -2.18. The Bertz CT molecular complexity index is 555. The molecule has 2 heterocycles. The molecule has 0 N–H and O–H groups in total. The third-order valence-electron chi connectivity index (χ3n) is 2.23. The lowest BCUT2D eigenvalue weighted by molar-refractivity contribution is 0.0753. The summed E-state index contributed by atoms with van der Waals surface area (Å²) in [4.78, 5) is 14.9. The fourth-order valence-corrected chi connectivity index (χ4v) is 3.28. The van der Waals surface area contributed by atoms with E-state index in [4.69, 9.17) is 23.2 Å². The number of amides is 1. The molecule has 2 aromatic rings. The molecular weight excluding hydrogens is 313 g/mol. The van der Waals surface area contributed by atoms with Gasteiger partial charge in [0.15, 0.2) is 0 Å². The summed E-state index contributed by atoms with van der Waals surface area (Å²) in [5.41, 5.74) is 0. The maximum atomic E-state index is 12.1. The first-order chi connectivity index (χ1) is 8.60. The highest BCUT2D eigenvalue weighted by atomic mass is 35.5. The van der Waals surface area contributed by atoms with Gasteiger partial charge in [-0.3, -0.25) is 4.79 Å². The number of carbonyl (C=O) groups is 1. The second-order valence-corrected chi connectivity index (χ2v) is 6.74. The third kappa shape index (κ3) is 3.20. The van der Waals surface area contributed by atoms with Crippen LogP contribution in [0.15, 0.2) is 12.1 Å². The van der Waals surface area contributed by atoms with Crippen molar-refractivity contribution in [2.75, 3.05) is 6.54 Å². The topological polar surface area (TPSA) is 46.1 Å². The van der Waals surface area contributed by atoms with Gasteiger partial charge < -0.3 is 4.90 Å². The van der Waals surface area contributed by atoms with E-state index in [-0.39, 0.29) is 10.4 Å². The molecule has 0 aromatic carbocycles. The predicted molar refractivity (Wildman–Crippen MR) is 74.7 cm³/mol. The normalized spacial score (nSPS) is 10.6. The zero-order valence-corrected chi connectivity index (χ0v) is 12.5. The van der Waals surface area contributed by atoms with Crippen molar-refractivity contribution < 1.29 is 4.79 Å². The van der Waals surface area contributed by atoms with Gasteiger partial charge in [0.25, 0.3) is 5.91 Å². The SMILES string of the molecule is CCN(Cc1ccc(Cl)s1)C(=O)c1nnc(Cl)s1. The molecule has 4 nitrogen and oxygen atoms in total. The van der Waals surface area contributed by atoms with E-state index in [1.165, 1.54) is 11.3 Å². The molecule has 8 heteroatoms. The van der Waals surface area contributed by atoms with E-state index in [1.807, 2.05) is 19.1 Å². The van der Waals surface area contributed by atoms with Gasteiger partial charge in [0, 0.05) is 11.4 Å². The summed E-state index contributed by atoms with van der Waals surface area (Å²) in [5.74, 6) is -0.161. The minimum atomic E-state index is -0.161.